The lowest BCUT2D eigenvalue weighted by atomic mass is 10.1. The molecule has 2 rings (SSSR count). The molecule has 0 bridgehead atoms. The van der Waals surface area contributed by atoms with Gasteiger partial charge in [-0.25, -0.2) is 0 Å². The molecule has 1 amide bonds. The van der Waals surface area contributed by atoms with E-state index in [2.05, 4.69) is 16.7 Å². The third-order valence-electron chi connectivity index (χ3n) is 3.21. The summed E-state index contributed by atoms with van der Waals surface area (Å²) in [6.07, 6.45) is 4.11. The zero-order valence-electron chi connectivity index (χ0n) is 10.5. The fourth-order valence-corrected chi connectivity index (χ4v) is 2.45. The summed E-state index contributed by atoms with van der Waals surface area (Å²) in [7, 11) is 0. The van der Waals surface area contributed by atoms with Crippen molar-refractivity contribution in [3.05, 3.63) is 29.8 Å². The molecule has 0 atom stereocenters. The first-order valence-electron chi connectivity index (χ1n) is 6.31. The molecule has 1 aliphatic rings. The lowest BCUT2D eigenvalue weighted by Crippen LogP contribution is -2.37. The number of carbonyl (C=O) groups is 1. The first-order valence-corrected chi connectivity index (χ1v) is 6.72. The topological polar surface area (TPSA) is 64.9 Å². The molecular formula is C14H15N3OS. The van der Waals surface area contributed by atoms with Crippen LogP contribution in [-0.4, -0.2) is 11.0 Å². The van der Waals surface area contributed by atoms with E-state index in [9.17, 15) is 4.79 Å². The number of hydrogen-bond acceptors (Lipinski definition) is 3. The number of nitrogens with one attached hydrogen (secondary N) is 2. The highest BCUT2D eigenvalue weighted by atomic mass is 32.1. The second-order valence-electron chi connectivity index (χ2n) is 4.62. The Bertz CT molecular complexity index is 530. The molecular weight excluding hydrogens is 258 g/mol. The van der Waals surface area contributed by atoms with Gasteiger partial charge in [0, 0.05) is 11.6 Å². The second-order valence-corrected chi connectivity index (χ2v) is 5.03. The van der Waals surface area contributed by atoms with Gasteiger partial charge >= 0.3 is 0 Å². The fourth-order valence-electron chi connectivity index (χ4n) is 2.23. The maximum atomic E-state index is 11.9. The Kier molecular flexibility index (Phi) is 4.48. The van der Waals surface area contributed by atoms with Crippen molar-refractivity contribution in [3.63, 3.8) is 0 Å². The molecule has 1 aromatic rings. The minimum absolute atomic E-state index is 0.00793. The number of nitrogens with zero attached hydrogens (tertiary/aromatic N) is 1. The maximum Gasteiger partial charge on any atom is 0.229 e. The van der Waals surface area contributed by atoms with Crippen LogP contribution in [0.1, 0.15) is 31.2 Å². The Morgan fingerprint density at radius 2 is 2.11 bits per heavy atom. The highest BCUT2D eigenvalue weighted by Gasteiger charge is 2.23. The van der Waals surface area contributed by atoms with Crippen LogP contribution in [0.5, 0.6) is 0 Å². The molecule has 0 aromatic heterocycles. The van der Waals surface area contributed by atoms with E-state index in [1.165, 1.54) is 0 Å². The quantitative estimate of drug-likeness (QED) is 0.813. The van der Waals surface area contributed by atoms with Crippen LogP contribution in [0.3, 0.4) is 0 Å². The van der Waals surface area contributed by atoms with E-state index >= 15 is 0 Å². The molecule has 0 unspecified atom stereocenters. The average Bonchev–Trinajstić information content (AvgIpc) is 2.92. The number of hydrogen-bond donors (Lipinski definition) is 2. The molecule has 1 saturated carbocycles. The number of nitriles is 1. The number of carbonyl (C=O) groups excluding carboxylic acids is 1. The molecule has 5 heteroatoms. The smallest absolute Gasteiger partial charge is 0.229 e. The van der Waals surface area contributed by atoms with E-state index < -0.39 is 0 Å². The van der Waals surface area contributed by atoms with Gasteiger partial charge < -0.3 is 10.6 Å². The van der Waals surface area contributed by atoms with Crippen LogP contribution in [0.2, 0.25) is 0 Å². The third-order valence-corrected chi connectivity index (χ3v) is 3.42. The van der Waals surface area contributed by atoms with Crippen molar-refractivity contribution in [1.82, 2.24) is 5.32 Å². The van der Waals surface area contributed by atoms with Gasteiger partial charge in [-0.05, 0) is 43.3 Å². The van der Waals surface area contributed by atoms with E-state index in [0.717, 1.165) is 25.7 Å². The van der Waals surface area contributed by atoms with Crippen LogP contribution in [0.15, 0.2) is 24.3 Å². The predicted molar refractivity (Wildman–Crippen MR) is 77.5 cm³/mol. The van der Waals surface area contributed by atoms with Crippen LogP contribution >= 0.6 is 12.2 Å². The summed E-state index contributed by atoms with van der Waals surface area (Å²) in [5.41, 5.74) is 1.26. The molecule has 0 spiro atoms. The summed E-state index contributed by atoms with van der Waals surface area (Å²) >= 11 is 5.10. The Balaban J connectivity index is 1.90. The van der Waals surface area contributed by atoms with Gasteiger partial charge in [-0.1, -0.05) is 18.9 Å². The van der Waals surface area contributed by atoms with Crippen LogP contribution in [0.4, 0.5) is 5.69 Å². The summed E-state index contributed by atoms with van der Waals surface area (Å²) < 4.78 is 0. The summed E-state index contributed by atoms with van der Waals surface area (Å²) in [4.78, 5) is 11.9. The molecule has 1 fully saturated rings. The summed E-state index contributed by atoms with van der Waals surface area (Å²) in [5.74, 6) is 0.0802. The van der Waals surface area contributed by atoms with Gasteiger partial charge in [0.15, 0.2) is 5.11 Å². The van der Waals surface area contributed by atoms with Crippen LogP contribution < -0.4 is 10.6 Å². The fraction of sp³-hybridized carbons (Fsp3) is 0.357. The Hall–Kier alpha value is -1.93. The van der Waals surface area contributed by atoms with Gasteiger partial charge in [0.05, 0.1) is 11.6 Å². The summed E-state index contributed by atoms with van der Waals surface area (Å²) in [6, 6.07) is 9.02. The summed E-state index contributed by atoms with van der Waals surface area (Å²) in [6.45, 7) is 0. The minimum atomic E-state index is -0.00793. The number of rotatable bonds is 2. The first-order chi connectivity index (χ1) is 9.19. The van der Waals surface area contributed by atoms with Gasteiger partial charge in [-0.15, -0.1) is 0 Å². The molecule has 4 nitrogen and oxygen atoms in total. The van der Waals surface area contributed by atoms with Crippen molar-refractivity contribution in [2.24, 2.45) is 5.92 Å². The number of benzene rings is 1. The molecule has 0 aliphatic heterocycles. The lowest BCUT2D eigenvalue weighted by Gasteiger charge is -2.12. The molecule has 0 heterocycles. The van der Waals surface area contributed by atoms with Crippen molar-refractivity contribution in [2.75, 3.05) is 5.32 Å². The first kappa shape index (κ1) is 13.5. The lowest BCUT2D eigenvalue weighted by molar-refractivity contribution is -0.123. The second kappa shape index (κ2) is 6.30. The Morgan fingerprint density at radius 1 is 1.37 bits per heavy atom. The zero-order chi connectivity index (χ0) is 13.7. The van der Waals surface area contributed by atoms with Gasteiger partial charge in [0.25, 0.3) is 0 Å². The molecule has 0 radical (unpaired) electrons. The number of amides is 1. The predicted octanol–water partition coefficient (Wildman–Crippen LogP) is 2.56. The highest BCUT2D eigenvalue weighted by molar-refractivity contribution is 7.80. The number of anilines is 1. The summed E-state index contributed by atoms with van der Waals surface area (Å²) in [5, 5.41) is 14.7. The average molecular weight is 273 g/mol. The van der Waals surface area contributed by atoms with Crippen molar-refractivity contribution in [3.8, 4) is 6.07 Å². The molecule has 0 saturated heterocycles. The van der Waals surface area contributed by atoms with E-state index in [-0.39, 0.29) is 16.9 Å². The van der Waals surface area contributed by atoms with Gasteiger partial charge in [0.1, 0.15) is 0 Å². The monoisotopic (exact) mass is 273 g/mol. The Labute approximate surface area is 117 Å². The van der Waals surface area contributed by atoms with Gasteiger partial charge in [-0.2, -0.15) is 5.26 Å². The Morgan fingerprint density at radius 3 is 2.79 bits per heavy atom. The van der Waals surface area contributed by atoms with E-state index in [1.54, 1.807) is 24.3 Å². The van der Waals surface area contributed by atoms with Crippen molar-refractivity contribution < 1.29 is 4.79 Å². The molecule has 2 N–H and O–H groups in total. The molecule has 1 aromatic carbocycles. The van der Waals surface area contributed by atoms with Crippen molar-refractivity contribution in [2.45, 2.75) is 25.7 Å². The highest BCUT2D eigenvalue weighted by Crippen LogP contribution is 2.24. The van der Waals surface area contributed by atoms with Crippen LogP contribution in [0.25, 0.3) is 0 Å². The number of thiocarbonyl (C=S) groups is 1. The zero-order valence-corrected chi connectivity index (χ0v) is 11.3. The van der Waals surface area contributed by atoms with Gasteiger partial charge in [0.2, 0.25) is 5.91 Å². The van der Waals surface area contributed by atoms with Crippen molar-refractivity contribution in [1.29, 1.82) is 5.26 Å². The van der Waals surface area contributed by atoms with Crippen LogP contribution in [0, 0.1) is 17.2 Å². The van der Waals surface area contributed by atoms with Crippen molar-refractivity contribution >= 4 is 28.9 Å². The normalized spacial score (nSPS) is 14.7. The SMILES string of the molecule is N#Cc1cccc(NC(=S)NC(=O)C2CCCC2)c1. The minimum Gasteiger partial charge on any atom is -0.332 e. The van der Waals surface area contributed by atoms with E-state index in [4.69, 9.17) is 17.5 Å². The molecule has 19 heavy (non-hydrogen) atoms. The molecule has 98 valence electrons. The van der Waals surface area contributed by atoms with Gasteiger partial charge in [-0.3, -0.25) is 4.79 Å². The van der Waals surface area contributed by atoms with Crippen LogP contribution in [-0.2, 0) is 4.79 Å². The maximum absolute atomic E-state index is 11.9. The largest absolute Gasteiger partial charge is 0.332 e. The third kappa shape index (κ3) is 3.76. The van der Waals surface area contributed by atoms with E-state index in [1.807, 2.05) is 0 Å². The molecule has 1 aliphatic carbocycles. The standard InChI is InChI=1S/C14H15N3OS/c15-9-10-4-3-7-12(8-10)16-14(19)17-13(18)11-5-1-2-6-11/h3-4,7-8,11H,1-2,5-6H2,(H2,16,17,18,19). The van der Waals surface area contributed by atoms with E-state index in [0.29, 0.717) is 11.3 Å².